The quantitative estimate of drug-likeness (QED) is 0.692. The van der Waals surface area contributed by atoms with Crippen molar-refractivity contribution in [1.82, 2.24) is 0 Å². The van der Waals surface area contributed by atoms with E-state index in [1.54, 1.807) is 6.07 Å². The van der Waals surface area contributed by atoms with E-state index in [1.165, 1.54) is 7.11 Å². The predicted molar refractivity (Wildman–Crippen MR) is 61.7 cm³/mol. The maximum Gasteiger partial charge on any atom is 0.317 e. The third kappa shape index (κ3) is 0.865. The van der Waals surface area contributed by atoms with Crippen molar-refractivity contribution in [3.05, 3.63) is 35.4 Å². The van der Waals surface area contributed by atoms with Gasteiger partial charge in [-0.15, -0.1) is 0 Å². The van der Waals surface area contributed by atoms with Gasteiger partial charge in [-0.1, -0.05) is 38.1 Å². The number of ether oxygens (including phenoxy) is 1. The Kier molecular flexibility index (Phi) is 1.72. The van der Waals surface area contributed by atoms with Gasteiger partial charge in [-0.3, -0.25) is 9.59 Å². The van der Waals surface area contributed by atoms with E-state index >= 15 is 0 Å². The van der Waals surface area contributed by atoms with Gasteiger partial charge in [0.1, 0.15) is 5.41 Å². The average Bonchev–Trinajstić information content (AvgIpc) is 2.70. The fourth-order valence-electron chi connectivity index (χ4n) is 3.64. The van der Waals surface area contributed by atoms with E-state index in [-0.39, 0.29) is 23.1 Å². The summed E-state index contributed by atoms with van der Waals surface area (Å²) in [5.41, 5.74) is 0.454. The predicted octanol–water partition coefficient (Wildman–Crippen LogP) is 1.95. The Balaban J connectivity index is 2.28. The first kappa shape index (κ1) is 10.5. The summed E-state index contributed by atoms with van der Waals surface area (Å²) in [5, 5.41) is 0. The zero-order chi connectivity index (χ0) is 12.4. The number of esters is 1. The van der Waals surface area contributed by atoms with Gasteiger partial charge in [0.15, 0.2) is 5.78 Å². The molecule has 0 aromatic heterocycles. The Labute approximate surface area is 99.8 Å². The molecule has 3 rings (SSSR count). The van der Waals surface area contributed by atoms with Crippen molar-refractivity contribution >= 4 is 11.8 Å². The normalized spacial score (nSPS) is 31.7. The monoisotopic (exact) mass is 230 g/mol. The highest BCUT2D eigenvalue weighted by molar-refractivity contribution is 6.15. The third-order valence-electron chi connectivity index (χ3n) is 4.47. The van der Waals surface area contributed by atoms with Gasteiger partial charge in [0, 0.05) is 11.5 Å². The fourth-order valence-corrected chi connectivity index (χ4v) is 3.64. The maximum atomic E-state index is 12.3. The molecule has 0 radical (unpaired) electrons. The molecule has 1 fully saturated rings. The molecule has 0 saturated heterocycles. The molecule has 1 aromatic carbocycles. The van der Waals surface area contributed by atoms with Gasteiger partial charge in [-0.25, -0.2) is 0 Å². The van der Waals surface area contributed by atoms with Crippen LogP contribution < -0.4 is 0 Å². The number of benzene rings is 1. The Morgan fingerprint density at radius 3 is 2.59 bits per heavy atom. The van der Waals surface area contributed by atoms with Gasteiger partial charge >= 0.3 is 5.97 Å². The molecule has 3 heteroatoms. The topological polar surface area (TPSA) is 43.4 Å². The van der Waals surface area contributed by atoms with Crippen LogP contribution in [0.25, 0.3) is 0 Å². The van der Waals surface area contributed by atoms with Gasteiger partial charge in [0.05, 0.1) is 7.11 Å². The van der Waals surface area contributed by atoms with Crippen LogP contribution in [0, 0.1) is 11.3 Å². The molecule has 0 heterocycles. The number of methoxy groups -OCH3 is 1. The van der Waals surface area contributed by atoms with Crippen LogP contribution in [0.3, 0.4) is 0 Å². The summed E-state index contributed by atoms with van der Waals surface area (Å²) in [6.07, 6.45) is 0. The molecule has 88 valence electrons. The van der Waals surface area contributed by atoms with Gasteiger partial charge in [0.25, 0.3) is 0 Å². The zero-order valence-electron chi connectivity index (χ0n) is 10.1. The summed E-state index contributed by atoms with van der Waals surface area (Å²) in [7, 11) is 1.38. The minimum absolute atomic E-state index is 0.0796. The summed E-state index contributed by atoms with van der Waals surface area (Å²) < 4.78 is 4.93. The smallest absolute Gasteiger partial charge is 0.317 e. The highest BCUT2D eigenvalue weighted by Gasteiger charge is 2.83. The molecule has 0 spiro atoms. The van der Waals surface area contributed by atoms with E-state index in [4.69, 9.17) is 4.74 Å². The number of rotatable bonds is 1. The molecule has 1 aromatic rings. The summed E-state index contributed by atoms with van der Waals surface area (Å²) >= 11 is 0. The van der Waals surface area contributed by atoms with Crippen molar-refractivity contribution in [3.8, 4) is 0 Å². The Morgan fingerprint density at radius 2 is 1.94 bits per heavy atom. The van der Waals surface area contributed by atoms with Gasteiger partial charge in [-0.05, 0) is 11.0 Å². The molecule has 2 unspecified atom stereocenters. The Bertz CT molecular complexity index is 544. The molecular weight excluding hydrogens is 216 g/mol. The highest BCUT2D eigenvalue weighted by atomic mass is 16.5. The van der Waals surface area contributed by atoms with E-state index in [2.05, 4.69) is 0 Å². The van der Waals surface area contributed by atoms with Gasteiger partial charge < -0.3 is 4.74 Å². The number of ketones is 1. The molecule has 0 aliphatic heterocycles. The lowest BCUT2D eigenvalue weighted by molar-refractivity contribution is -0.144. The van der Waals surface area contributed by atoms with Crippen LogP contribution in [0.1, 0.15) is 29.8 Å². The number of hydrogen-bond acceptors (Lipinski definition) is 3. The van der Waals surface area contributed by atoms with Gasteiger partial charge in [-0.2, -0.15) is 0 Å². The van der Waals surface area contributed by atoms with E-state index in [0.717, 1.165) is 5.56 Å². The SMILES string of the molecule is COC(=O)C12c3ccccc3C(=O)C1C2(C)C. The van der Waals surface area contributed by atoms with Crippen LogP contribution in [0.15, 0.2) is 24.3 Å². The Morgan fingerprint density at radius 1 is 1.29 bits per heavy atom. The number of hydrogen-bond donors (Lipinski definition) is 0. The molecular formula is C14H14O3. The van der Waals surface area contributed by atoms with Crippen LogP contribution in [0.4, 0.5) is 0 Å². The molecule has 17 heavy (non-hydrogen) atoms. The second kappa shape index (κ2) is 2.78. The van der Waals surface area contributed by atoms with E-state index < -0.39 is 5.41 Å². The van der Waals surface area contributed by atoms with Crippen molar-refractivity contribution in [1.29, 1.82) is 0 Å². The standard InChI is InChI=1S/C14H14O3/c1-13(2)11-10(15)8-6-4-5-7-9(8)14(11,13)12(16)17-3/h4-7,11H,1-3H3. The first-order valence-electron chi connectivity index (χ1n) is 5.71. The molecule has 3 nitrogen and oxygen atoms in total. The summed E-state index contributed by atoms with van der Waals surface area (Å²) in [6.45, 7) is 3.92. The van der Waals surface area contributed by atoms with Crippen molar-refractivity contribution < 1.29 is 14.3 Å². The minimum Gasteiger partial charge on any atom is -0.468 e. The molecule has 0 N–H and O–H groups in total. The first-order valence-corrected chi connectivity index (χ1v) is 5.71. The third-order valence-corrected chi connectivity index (χ3v) is 4.47. The van der Waals surface area contributed by atoms with Crippen molar-refractivity contribution in [2.75, 3.05) is 7.11 Å². The van der Waals surface area contributed by atoms with Crippen LogP contribution >= 0.6 is 0 Å². The molecule has 0 amide bonds. The van der Waals surface area contributed by atoms with Crippen molar-refractivity contribution in [3.63, 3.8) is 0 Å². The first-order chi connectivity index (χ1) is 7.99. The summed E-state index contributed by atoms with van der Waals surface area (Å²) in [5.74, 6) is -0.457. The van der Waals surface area contributed by atoms with Crippen molar-refractivity contribution in [2.45, 2.75) is 19.3 Å². The van der Waals surface area contributed by atoms with E-state index in [1.807, 2.05) is 32.0 Å². The molecule has 2 aliphatic carbocycles. The maximum absolute atomic E-state index is 12.3. The second-order valence-corrected chi connectivity index (χ2v) is 5.36. The lowest BCUT2D eigenvalue weighted by atomic mass is 9.86. The number of Topliss-reactive ketones (excluding diaryl/α,β-unsaturated/α-hetero) is 1. The van der Waals surface area contributed by atoms with E-state index in [0.29, 0.717) is 5.56 Å². The summed E-state index contributed by atoms with van der Waals surface area (Å²) in [4.78, 5) is 24.4. The average molecular weight is 230 g/mol. The van der Waals surface area contributed by atoms with E-state index in [9.17, 15) is 9.59 Å². The second-order valence-electron chi connectivity index (χ2n) is 5.36. The summed E-state index contributed by atoms with van der Waals surface area (Å²) in [6, 6.07) is 7.37. The fraction of sp³-hybridized carbons (Fsp3) is 0.429. The lowest BCUT2D eigenvalue weighted by Crippen LogP contribution is -2.27. The molecule has 2 atom stereocenters. The highest BCUT2D eigenvalue weighted by Crippen LogP contribution is 2.74. The van der Waals surface area contributed by atoms with Gasteiger partial charge in [0.2, 0.25) is 0 Å². The van der Waals surface area contributed by atoms with Crippen LogP contribution in [0.5, 0.6) is 0 Å². The Hall–Kier alpha value is -1.64. The van der Waals surface area contributed by atoms with Crippen LogP contribution in [-0.4, -0.2) is 18.9 Å². The lowest BCUT2D eigenvalue weighted by Gasteiger charge is -2.18. The largest absolute Gasteiger partial charge is 0.468 e. The van der Waals surface area contributed by atoms with Crippen LogP contribution in [0.2, 0.25) is 0 Å². The van der Waals surface area contributed by atoms with Crippen LogP contribution in [-0.2, 0) is 14.9 Å². The zero-order valence-corrected chi connectivity index (χ0v) is 10.1. The van der Waals surface area contributed by atoms with Crippen molar-refractivity contribution in [2.24, 2.45) is 11.3 Å². The molecule has 0 bridgehead atoms. The number of carbonyl (C=O) groups excluding carboxylic acids is 2. The minimum atomic E-state index is -0.741. The molecule has 2 aliphatic rings. The number of fused-ring (bicyclic) bond motifs is 3. The number of carbonyl (C=O) groups is 2. The molecule has 1 saturated carbocycles.